The zero-order chi connectivity index (χ0) is 25.8. The average molecular weight is 525 g/mol. The van der Waals surface area contributed by atoms with Gasteiger partial charge in [0.25, 0.3) is 0 Å². The van der Waals surface area contributed by atoms with Crippen LogP contribution >= 0.6 is 11.3 Å². The van der Waals surface area contributed by atoms with Crippen molar-refractivity contribution in [2.24, 2.45) is 5.92 Å². The van der Waals surface area contributed by atoms with Gasteiger partial charge >= 0.3 is 6.03 Å². The van der Waals surface area contributed by atoms with Crippen molar-refractivity contribution in [2.45, 2.75) is 19.8 Å². The van der Waals surface area contributed by atoms with E-state index in [1.54, 1.807) is 6.92 Å². The highest BCUT2D eigenvalue weighted by Gasteiger charge is 2.22. The van der Waals surface area contributed by atoms with Crippen LogP contribution in [0.3, 0.4) is 0 Å². The maximum atomic E-state index is 15.8. The Morgan fingerprint density at radius 2 is 1.95 bits per heavy atom. The van der Waals surface area contributed by atoms with E-state index in [0.717, 1.165) is 43.8 Å². The third-order valence-corrected chi connectivity index (χ3v) is 7.15. The van der Waals surface area contributed by atoms with E-state index in [4.69, 9.17) is 0 Å². The summed E-state index contributed by atoms with van der Waals surface area (Å²) in [4.78, 5) is 29.2. The number of carbonyl (C=O) groups excluding carboxylic acids is 1. The molecule has 4 aromatic rings. The molecule has 0 saturated carbocycles. The Morgan fingerprint density at radius 1 is 1.16 bits per heavy atom. The van der Waals surface area contributed by atoms with Gasteiger partial charge in [0.2, 0.25) is 5.95 Å². The molecule has 4 N–H and O–H groups in total. The molecule has 1 fully saturated rings. The second-order valence-electron chi connectivity index (χ2n) is 8.67. The number of nitrogens with zero attached hydrogens (tertiary/aromatic N) is 4. The summed E-state index contributed by atoms with van der Waals surface area (Å²) < 4.78 is 30.9. The summed E-state index contributed by atoms with van der Waals surface area (Å²) in [7, 11) is 0. The van der Waals surface area contributed by atoms with Gasteiger partial charge in [0.1, 0.15) is 17.0 Å². The van der Waals surface area contributed by atoms with Gasteiger partial charge in [-0.05, 0) is 57.0 Å². The van der Waals surface area contributed by atoms with Gasteiger partial charge in [-0.1, -0.05) is 11.3 Å². The normalized spacial score (nSPS) is 14.0. The minimum absolute atomic E-state index is 0.00228. The number of pyridine rings is 1. The smallest absolute Gasteiger partial charge is 0.321 e. The molecule has 37 heavy (non-hydrogen) atoms. The van der Waals surface area contributed by atoms with Gasteiger partial charge in [0.15, 0.2) is 10.9 Å². The van der Waals surface area contributed by atoms with Crippen LogP contribution in [0.4, 0.5) is 24.7 Å². The standard InChI is InChI=1S/C25H26F2N8OS/c1-2-29-24(36)35-25-34-21-19(27)16(10-17(22(21)37-25)20-18(26)4-3-7-30-20)15-12-32-23(33-13-15)31-11-14-5-8-28-9-6-14/h3-4,7,10,12-14,28H,2,5-6,8-9,11H2,1H3,(H,31,32,33)(H2,29,34,35,36). The van der Waals surface area contributed by atoms with Crippen LogP contribution in [-0.4, -0.2) is 52.1 Å². The molecule has 2 amide bonds. The number of thiazole rings is 1. The first-order valence-corrected chi connectivity index (χ1v) is 12.9. The molecule has 1 aromatic carbocycles. The Morgan fingerprint density at radius 3 is 2.68 bits per heavy atom. The molecule has 192 valence electrons. The van der Waals surface area contributed by atoms with Gasteiger partial charge in [0, 0.05) is 48.4 Å². The van der Waals surface area contributed by atoms with Crippen molar-refractivity contribution >= 4 is 38.7 Å². The number of urea groups is 1. The third-order valence-electron chi connectivity index (χ3n) is 6.15. The Bertz CT molecular complexity index is 1410. The minimum atomic E-state index is -0.616. The number of rotatable bonds is 7. The summed E-state index contributed by atoms with van der Waals surface area (Å²) in [6.07, 6.45) is 6.71. The number of benzene rings is 1. The summed E-state index contributed by atoms with van der Waals surface area (Å²) in [6.45, 7) is 4.98. The van der Waals surface area contributed by atoms with Crippen LogP contribution in [0.2, 0.25) is 0 Å². The molecule has 9 nitrogen and oxygen atoms in total. The minimum Gasteiger partial charge on any atom is -0.354 e. The number of amides is 2. The molecule has 0 radical (unpaired) electrons. The molecule has 0 unspecified atom stereocenters. The van der Waals surface area contributed by atoms with Crippen LogP contribution < -0.4 is 21.3 Å². The van der Waals surface area contributed by atoms with Crippen molar-refractivity contribution in [1.82, 2.24) is 30.6 Å². The van der Waals surface area contributed by atoms with E-state index in [0.29, 0.717) is 34.2 Å². The van der Waals surface area contributed by atoms with Crippen molar-refractivity contribution in [3.63, 3.8) is 0 Å². The van der Waals surface area contributed by atoms with Crippen molar-refractivity contribution in [3.8, 4) is 22.4 Å². The number of hydrogen-bond acceptors (Lipinski definition) is 8. The fourth-order valence-electron chi connectivity index (χ4n) is 4.26. The Labute approximate surface area is 216 Å². The largest absolute Gasteiger partial charge is 0.354 e. The lowest BCUT2D eigenvalue weighted by Gasteiger charge is -2.22. The average Bonchev–Trinajstić information content (AvgIpc) is 3.33. The molecule has 1 aliphatic heterocycles. The van der Waals surface area contributed by atoms with Gasteiger partial charge in [0.05, 0.1) is 4.70 Å². The van der Waals surface area contributed by atoms with Crippen LogP contribution in [0, 0.1) is 17.6 Å². The van der Waals surface area contributed by atoms with Gasteiger partial charge in [-0.3, -0.25) is 10.3 Å². The van der Waals surface area contributed by atoms with Gasteiger partial charge < -0.3 is 16.0 Å². The number of nitrogens with one attached hydrogen (secondary N) is 4. The molecule has 0 spiro atoms. The van der Waals surface area contributed by atoms with Crippen LogP contribution in [0.5, 0.6) is 0 Å². The molecule has 0 bridgehead atoms. The Balaban J connectivity index is 1.51. The summed E-state index contributed by atoms with van der Waals surface area (Å²) in [6, 6.07) is 3.84. The first-order valence-electron chi connectivity index (χ1n) is 12.1. The molecule has 3 aromatic heterocycles. The maximum absolute atomic E-state index is 15.8. The summed E-state index contributed by atoms with van der Waals surface area (Å²) in [5.74, 6) is -0.162. The molecule has 12 heteroatoms. The fourth-order valence-corrected chi connectivity index (χ4v) is 5.23. The molecule has 0 atom stereocenters. The number of halogens is 2. The van der Waals surface area contributed by atoms with Crippen LogP contribution in [0.1, 0.15) is 19.8 Å². The van der Waals surface area contributed by atoms with E-state index in [1.807, 2.05) is 0 Å². The lowest BCUT2D eigenvalue weighted by Crippen LogP contribution is -2.31. The van der Waals surface area contributed by atoms with Gasteiger partial charge in [-0.2, -0.15) is 0 Å². The topological polar surface area (TPSA) is 117 Å². The molecule has 4 heterocycles. The summed E-state index contributed by atoms with van der Waals surface area (Å²) in [5, 5.41) is 12.0. The number of piperidine rings is 1. The number of fused-ring (bicyclic) bond motifs is 1. The summed E-state index contributed by atoms with van der Waals surface area (Å²) in [5.41, 5.74) is 0.993. The monoisotopic (exact) mass is 524 g/mol. The van der Waals surface area contributed by atoms with Crippen molar-refractivity contribution in [1.29, 1.82) is 0 Å². The summed E-state index contributed by atoms with van der Waals surface area (Å²) >= 11 is 1.05. The number of anilines is 2. The van der Waals surface area contributed by atoms with Crippen molar-refractivity contribution < 1.29 is 13.6 Å². The maximum Gasteiger partial charge on any atom is 0.321 e. The molecule has 0 aliphatic carbocycles. The van der Waals surface area contributed by atoms with Gasteiger partial charge in [-0.25, -0.2) is 28.5 Å². The molecule has 5 rings (SSSR count). The van der Waals surface area contributed by atoms with Gasteiger partial charge in [-0.15, -0.1) is 0 Å². The van der Waals surface area contributed by atoms with E-state index >= 15 is 4.39 Å². The fraction of sp³-hybridized carbons (Fsp3) is 0.320. The first kappa shape index (κ1) is 24.9. The van der Waals surface area contributed by atoms with Crippen molar-refractivity contribution in [2.75, 3.05) is 36.8 Å². The first-order chi connectivity index (χ1) is 18.0. The van der Waals surface area contributed by atoms with E-state index in [2.05, 4.69) is 41.2 Å². The molecule has 1 aliphatic rings. The SMILES string of the molecule is CCNC(=O)Nc1nc2c(F)c(-c3cnc(NCC4CCNCC4)nc3)cc(-c3ncccc3F)c2s1. The Kier molecular flexibility index (Phi) is 7.47. The lowest BCUT2D eigenvalue weighted by atomic mass is 9.98. The highest BCUT2D eigenvalue weighted by Crippen LogP contribution is 2.40. The van der Waals surface area contributed by atoms with E-state index in [-0.39, 0.29) is 21.9 Å². The number of carbonyl (C=O) groups is 1. The lowest BCUT2D eigenvalue weighted by molar-refractivity contribution is 0.252. The van der Waals surface area contributed by atoms with Crippen LogP contribution in [-0.2, 0) is 0 Å². The zero-order valence-electron chi connectivity index (χ0n) is 20.1. The number of aromatic nitrogens is 4. The van der Waals surface area contributed by atoms with Crippen LogP contribution in [0.15, 0.2) is 36.8 Å². The highest BCUT2D eigenvalue weighted by atomic mass is 32.1. The zero-order valence-corrected chi connectivity index (χ0v) is 21.0. The third kappa shape index (κ3) is 5.49. The van der Waals surface area contributed by atoms with E-state index < -0.39 is 17.7 Å². The van der Waals surface area contributed by atoms with Crippen molar-refractivity contribution in [3.05, 3.63) is 48.4 Å². The predicted molar refractivity (Wildman–Crippen MR) is 141 cm³/mol. The quantitative estimate of drug-likeness (QED) is 0.278. The second-order valence-corrected chi connectivity index (χ2v) is 9.67. The predicted octanol–water partition coefficient (Wildman–Crippen LogP) is 4.65. The second kappa shape index (κ2) is 11.1. The van der Waals surface area contributed by atoms with E-state index in [9.17, 15) is 9.18 Å². The Hall–Kier alpha value is -3.77. The molecular formula is C25H26F2N8OS. The molecular weight excluding hydrogens is 498 g/mol. The number of hydrogen-bond donors (Lipinski definition) is 4. The highest BCUT2D eigenvalue weighted by molar-refractivity contribution is 7.22. The molecule has 1 saturated heterocycles. The van der Waals surface area contributed by atoms with E-state index in [1.165, 1.54) is 36.8 Å². The van der Waals surface area contributed by atoms with Crippen LogP contribution in [0.25, 0.3) is 32.6 Å².